The SMILES string of the molecule is Nc1ccc(C(=O)Nc2cc(Cl)ccc2F)nc1. The maximum atomic E-state index is 13.4. The van der Waals surface area contributed by atoms with Crippen molar-refractivity contribution in [2.75, 3.05) is 11.1 Å². The lowest BCUT2D eigenvalue weighted by Crippen LogP contribution is -2.14. The summed E-state index contributed by atoms with van der Waals surface area (Å²) in [6.45, 7) is 0. The van der Waals surface area contributed by atoms with Crippen LogP contribution in [0, 0.1) is 5.82 Å². The largest absolute Gasteiger partial charge is 0.397 e. The molecule has 4 nitrogen and oxygen atoms in total. The number of pyridine rings is 1. The van der Waals surface area contributed by atoms with Crippen molar-refractivity contribution in [3.63, 3.8) is 0 Å². The number of carbonyl (C=O) groups excluding carboxylic acids is 1. The summed E-state index contributed by atoms with van der Waals surface area (Å²) < 4.78 is 13.4. The molecular weight excluding hydrogens is 257 g/mol. The predicted molar refractivity (Wildman–Crippen MR) is 68.0 cm³/mol. The van der Waals surface area contributed by atoms with Gasteiger partial charge in [-0.2, -0.15) is 0 Å². The lowest BCUT2D eigenvalue weighted by Gasteiger charge is -2.06. The molecule has 18 heavy (non-hydrogen) atoms. The lowest BCUT2D eigenvalue weighted by atomic mass is 10.2. The maximum absolute atomic E-state index is 13.4. The van der Waals surface area contributed by atoms with Crippen molar-refractivity contribution < 1.29 is 9.18 Å². The number of benzene rings is 1. The molecule has 2 rings (SSSR count). The zero-order valence-electron chi connectivity index (χ0n) is 9.15. The number of aromatic nitrogens is 1. The van der Waals surface area contributed by atoms with E-state index in [9.17, 15) is 9.18 Å². The van der Waals surface area contributed by atoms with E-state index < -0.39 is 11.7 Å². The molecule has 1 aromatic heterocycles. The zero-order valence-corrected chi connectivity index (χ0v) is 9.91. The summed E-state index contributed by atoms with van der Waals surface area (Å²) in [5, 5.41) is 2.72. The summed E-state index contributed by atoms with van der Waals surface area (Å²) in [5.74, 6) is -1.10. The van der Waals surface area contributed by atoms with Gasteiger partial charge in [0.15, 0.2) is 0 Å². The van der Waals surface area contributed by atoms with Crippen molar-refractivity contribution in [2.24, 2.45) is 0 Å². The minimum atomic E-state index is -0.566. The van der Waals surface area contributed by atoms with E-state index in [1.165, 1.54) is 36.5 Å². The van der Waals surface area contributed by atoms with Gasteiger partial charge in [-0.25, -0.2) is 9.37 Å². The van der Waals surface area contributed by atoms with Crippen LogP contribution >= 0.6 is 11.6 Å². The fourth-order valence-corrected chi connectivity index (χ4v) is 1.49. The number of hydrogen-bond donors (Lipinski definition) is 2. The van der Waals surface area contributed by atoms with Crippen molar-refractivity contribution in [3.8, 4) is 0 Å². The van der Waals surface area contributed by atoms with E-state index in [-0.39, 0.29) is 11.4 Å². The molecule has 1 heterocycles. The summed E-state index contributed by atoms with van der Waals surface area (Å²) >= 11 is 5.72. The van der Waals surface area contributed by atoms with Gasteiger partial charge < -0.3 is 11.1 Å². The highest BCUT2D eigenvalue weighted by molar-refractivity contribution is 6.31. The van der Waals surface area contributed by atoms with Gasteiger partial charge in [-0.15, -0.1) is 0 Å². The number of amides is 1. The third kappa shape index (κ3) is 2.75. The Kier molecular flexibility index (Phi) is 3.43. The second kappa shape index (κ2) is 5.01. The first-order valence-electron chi connectivity index (χ1n) is 5.04. The van der Waals surface area contributed by atoms with E-state index >= 15 is 0 Å². The second-order valence-electron chi connectivity index (χ2n) is 3.56. The van der Waals surface area contributed by atoms with Crippen molar-refractivity contribution in [2.45, 2.75) is 0 Å². The average molecular weight is 266 g/mol. The minimum absolute atomic E-state index is 0.00567. The number of carbonyl (C=O) groups is 1. The highest BCUT2D eigenvalue weighted by atomic mass is 35.5. The number of nitrogen functional groups attached to an aromatic ring is 1. The van der Waals surface area contributed by atoms with Crippen molar-refractivity contribution >= 4 is 28.9 Å². The third-order valence-electron chi connectivity index (χ3n) is 2.20. The van der Waals surface area contributed by atoms with Crippen LogP contribution in [-0.2, 0) is 0 Å². The Balaban J connectivity index is 2.21. The molecule has 0 aliphatic carbocycles. The fraction of sp³-hybridized carbons (Fsp3) is 0. The second-order valence-corrected chi connectivity index (χ2v) is 3.99. The third-order valence-corrected chi connectivity index (χ3v) is 2.43. The molecule has 0 spiro atoms. The molecule has 2 aromatic rings. The topological polar surface area (TPSA) is 68.0 Å². The quantitative estimate of drug-likeness (QED) is 0.877. The van der Waals surface area contributed by atoms with Gasteiger partial charge in [0.05, 0.1) is 17.6 Å². The summed E-state index contributed by atoms with van der Waals surface area (Å²) in [7, 11) is 0. The molecule has 0 atom stereocenters. The molecule has 1 aromatic carbocycles. The van der Waals surface area contributed by atoms with Gasteiger partial charge in [0.2, 0.25) is 0 Å². The number of halogens is 2. The van der Waals surface area contributed by atoms with E-state index in [4.69, 9.17) is 17.3 Å². The van der Waals surface area contributed by atoms with Gasteiger partial charge >= 0.3 is 0 Å². The van der Waals surface area contributed by atoms with Gasteiger partial charge in [-0.3, -0.25) is 4.79 Å². The molecular formula is C12H9ClFN3O. The summed E-state index contributed by atoms with van der Waals surface area (Å²) in [6.07, 6.45) is 1.35. The van der Waals surface area contributed by atoms with Crippen molar-refractivity contribution in [1.29, 1.82) is 0 Å². The number of nitrogens with one attached hydrogen (secondary N) is 1. The Morgan fingerprint density at radius 2 is 2.11 bits per heavy atom. The summed E-state index contributed by atoms with van der Waals surface area (Å²) in [6, 6.07) is 6.89. The molecule has 0 fully saturated rings. The molecule has 0 saturated heterocycles. The number of nitrogens with zero attached hydrogens (tertiary/aromatic N) is 1. The standard InChI is InChI=1S/C12H9ClFN3O/c13-7-1-3-9(14)11(5-7)17-12(18)10-4-2-8(15)6-16-10/h1-6H,15H2,(H,17,18). The van der Waals surface area contributed by atoms with E-state index in [0.717, 1.165) is 0 Å². The first kappa shape index (κ1) is 12.3. The van der Waals surface area contributed by atoms with E-state index in [2.05, 4.69) is 10.3 Å². The van der Waals surface area contributed by atoms with Gasteiger partial charge in [-0.05, 0) is 30.3 Å². The Hall–Kier alpha value is -2.14. The molecule has 0 bridgehead atoms. The predicted octanol–water partition coefficient (Wildman–Crippen LogP) is 2.71. The first-order chi connectivity index (χ1) is 8.56. The monoisotopic (exact) mass is 265 g/mol. The van der Waals surface area contributed by atoms with Crippen LogP contribution in [0.4, 0.5) is 15.8 Å². The number of anilines is 2. The van der Waals surface area contributed by atoms with Gasteiger partial charge in [-0.1, -0.05) is 11.6 Å². The van der Waals surface area contributed by atoms with Crippen LogP contribution in [-0.4, -0.2) is 10.9 Å². The van der Waals surface area contributed by atoms with Gasteiger partial charge in [0.1, 0.15) is 11.5 Å². The first-order valence-corrected chi connectivity index (χ1v) is 5.42. The Labute approximate surface area is 108 Å². The Morgan fingerprint density at radius 1 is 1.33 bits per heavy atom. The lowest BCUT2D eigenvalue weighted by molar-refractivity contribution is 0.102. The molecule has 0 radical (unpaired) electrons. The molecule has 3 N–H and O–H groups in total. The average Bonchev–Trinajstić information content (AvgIpc) is 2.34. The van der Waals surface area contributed by atoms with Gasteiger partial charge in [0, 0.05) is 5.02 Å². The van der Waals surface area contributed by atoms with Crippen LogP contribution in [0.3, 0.4) is 0 Å². The molecule has 0 unspecified atom stereocenters. The number of hydrogen-bond acceptors (Lipinski definition) is 3. The number of rotatable bonds is 2. The summed E-state index contributed by atoms with van der Waals surface area (Å²) in [4.78, 5) is 15.6. The minimum Gasteiger partial charge on any atom is -0.397 e. The van der Waals surface area contributed by atoms with Gasteiger partial charge in [0.25, 0.3) is 5.91 Å². The molecule has 92 valence electrons. The van der Waals surface area contributed by atoms with Crippen LogP contribution < -0.4 is 11.1 Å². The maximum Gasteiger partial charge on any atom is 0.274 e. The van der Waals surface area contributed by atoms with Crippen LogP contribution in [0.1, 0.15) is 10.5 Å². The Morgan fingerprint density at radius 3 is 2.78 bits per heavy atom. The summed E-state index contributed by atoms with van der Waals surface area (Å²) in [5.41, 5.74) is 6.04. The van der Waals surface area contributed by atoms with Crippen molar-refractivity contribution in [3.05, 3.63) is 53.1 Å². The molecule has 0 saturated carbocycles. The van der Waals surface area contributed by atoms with E-state index in [1.807, 2.05) is 0 Å². The Bertz CT molecular complexity index is 586. The normalized spacial score (nSPS) is 10.1. The van der Waals surface area contributed by atoms with E-state index in [1.54, 1.807) is 0 Å². The highest BCUT2D eigenvalue weighted by Crippen LogP contribution is 2.20. The number of nitrogens with two attached hydrogens (primary N) is 1. The van der Waals surface area contributed by atoms with Crippen LogP contribution in [0.2, 0.25) is 5.02 Å². The molecule has 0 aliphatic rings. The van der Waals surface area contributed by atoms with Crippen LogP contribution in [0.25, 0.3) is 0 Å². The molecule has 0 aliphatic heterocycles. The van der Waals surface area contributed by atoms with E-state index in [0.29, 0.717) is 10.7 Å². The smallest absolute Gasteiger partial charge is 0.274 e. The highest BCUT2D eigenvalue weighted by Gasteiger charge is 2.10. The zero-order chi connectivity index (χ0) is 13.1. The molecule has 1 amide bonds. The van der Waals surface area contributed by atoms with Crippen LogP contribution in [0.15, 0.2) is 36.5 Å². The van der Waals surface area contributed by atoms with Crippen molar-refractivity contribution in [1.82, 2.24) is 4.98 Å². The van der Waals surface area contributed by atoms with Crippen LogP contribution in [0.5, 0.6) is 0 Å². The fourth-order valence-electron chi connectivity index (χ4n) is 1.32. The molecule has 6 heteroatoms.